The van der Waals surface area contributed by atoms with Crippen LogP contribution >= 0.6 is 0 Å². The molecule has 0 radical (unpaired) electrons. The van der Waals surface area contributed by atoms with Gasteiger partial charge in [-0.1, -0.05) is 13.8 Å². The summed E-state index contributed by atoms with van der Waals surface area (Å²) in [5.74, 6) is -2.79. The number of nitrogens with zero attached hydrogens (tertiary/aromatic N) is 3. The van der Waals surface area contributed by atoms with Crippen molar-refractivity contribution in [2.45, 2.75) is 59.2 Å². The topological polar surface area (TPSA) is 143 Å². The second kappa shape index (κ2) is 15.7. The Hall–Kier alpha value is -4.42. The Morgan fingerprint density at radius 3 is 2.39 bits per heavy atom. The zero-order valence-corrected chi connectivity index (χ0v) is 26.7. The number of nitrogens with one attached hydrogen (secondary N) is 2. The molecular weight excluding hydrogens is 593 g/mol. The van der Waals surface area contributed by atoms with Gasteiger partial charge >= 0.3 is 5.97 Å². The van der Waals surface area contributed by atoms with Gasteiger partial charge in [0.05, 0.1) is 25.7 Å². The average Bonchev–Trinajstić information content (AvgIpc) is 2.99. The minimum absolute atomic E-state index is 0.00986. The van der Waals surface area contributed by atoms with Crippen molar-refractivity contribution >= 4 is 17.8 Å². The lowest BCUT2D eigenvalue weighted by atomic mass is 9.94. The molecule has 0 aliphatic carbocycles. The maximum absolute atomic E-state index is 13.9. The molecule has 1 aliphatic heterocycles. The van der Waals surface area contributed by atoms with Crippen LogP contribution in [0, 0.1) is 25.6 Å². The lowest BCUT2D eigenvalue weighted by Crippen LogP contribution is -2.49. The monoisotopic (exact) mass is 635 g/mol. The number of rotatable bonds is 13. The zero-order valence-electron chi connectivity index (χ0n) is 26.7. The fourth-order valence-corrected chi connectivity index (χ4v) is 5.75. The minimum atomic E-state index is -1.14. The first-order chi connectivity index (χ1) is 21.9. The maximum Gasteiger partial charge on any atom is 0.305 e. The molecule has 1 saturated heterocycles. The lowest BCUT2D eigenvalue weighted by molar-refractivity contribution is -0.137. The number of carboxylic acid groups (broad SMARTS) is 1. The first-order valence-corrected chi connectivity index (χ1v) is 15.5. The van der Waals surface area contributed by atoms with E-state index in [1.54, 1.807) is 38.4 Å². The highest BCUT2D eigenvalue weighted by atomic mass is 19.1. The molecule has 2 atom stereocenters. The van der Waals surface area contributed by atoms with E-state index in [4.69, 9.17) is 4.74 Å². The summed E-state index contributed by atoms with van der Waals surface area (Å²) < 4.78 is 20.8. The molecule has 2 amide bonds. The summed E-state index contributed by atoms with van der Waals surface area (Å²) in [5.41, 5.74) is 2.69. The Balaban J connectivity index is 1.54. The molecule has 3 N–H and O–H groups in total. The fourth-order valence-electron chi connectivity index (χ4n) is 5.75. The number of carbonyl (C=O) groups is 3. The predicted molar refractivity (Wildman–Crippen MR) is 171 cm³/mol. The Labute approximate surface area is 267 Å². The molecule has 1 fully saturated rings. The Bertz CT molecular complexity index is 1590. The van der Waals surface area contributed by atoms with E-state index in [0.29, 0.717) is 48.6 Å². The first kappa shape index (κ1) is 34.5. The normalized spacial score (nSPS) is 14.9. The molecule has 246 valence electrons. The summed E-state index contributed by atoms with van der Waals surface area (Å²) in [6.07, 6.45) is 4.52. The fraction of sp³-hybridized carbons (Fsp3) is 0.441. The standard InChI is InChI=1S/C34H42FN5O6/c1-21(2)14-29(38-32(43)27-6-5-7-40(34(27)45)9-8-39-10-12-46-13-11-39)33(44)37-28(18-30(41)42)24-17-25(20-36-19-24)31-22(3)15-26(35)16-23(31)4/h5-7,15-17,19-21,28-29H,8-14,18H2,1-4H3,(H,37,44)(H,38,43)(H,41,42)/t28-,29-/m0/s1. The minimum Gasteiger partial charge on any atom is -0.481 e. The van der Waals surface area contributed by atoms with Crippen LogP contribution in [-0.2, 0) is 20.9 Å². The number of carboxylic acids is 1. The summed E-state index contributed by atoms with van der Waals surface area (Å²) in [6.45, 7) is 11.2. The maximum atomic E-state index is 13.9. The molecule has 11 nitrogen and oxygen atoms in total. The number of benzene rings is 1. The summed E-state index contributed by atoms with van der Waals surface area (Å²) in [4.78, 5) is 58.6. The van der Waals surface area contributed by atoms with Gasteiger partial charge < -0.3 is 25.0 Å². The highest BCUT2D eigenvalue weighted by Crippen LogP contribution is 2.30. The second-order valence-electron chi connectivity index (χ2n) is 12.1. The quantitative estimate of drug-likeness (QED) is 0.259. The van der Waals surface area contributed by atoms with Crippen LogP contribution in [0.3, 0.4) is 0 Å². The molecule has 3 aromatic rings. The third kappa shape index (κ3) is 9.07. The van der Waals surface area contributed by atoms with E-state index in [-0.39, 0.29) is 23.7 Å². The van der Waals surface area contributed by atoms with Crippen molar-refractivity contribution < 1.29 is 28.6 Å². The number of hydrogen-bond donors (Lipinski definition) is 3. The van der Waals surface area contributed by atoms with E-state index < -0.39 is 41.8 Å². The molecule has 46 heavy (non-hydrogen) atoms. The highest BCUT2D eigenvalue weighted by Gasteiger charge is 2.28. The highest BCUT2D eigenvalue weighted by molar-refractivity contribution is 5.97. The van der Waals surface area contributed by atoms with Gasteiger partial charge in [0, 0.05) is 50.3 Å². The molecule has 12 heteroatoms. The molecule has 2 aromatic heterocycles. The van der Waals surface area contributed by atoms with Crippen LogP contribution in [-0.4, -0.2) is 76.2 Å². The number of ether oxygens (including phenoxy) is 1. The number of morpholine rings is 1. The Morgan fingerprint density at radius 1 is 1.04 bits per heavy atom. The van der Waals surface area contributed by atoms with E-state index in [2.05, 4.69) is 20.5 Å². The van der Waals surface area contributed by atoms with Crippen molar-refractivity contribution in [1.82, 2.24) is 25.1 Å². The first-order valence-electron chi connectivity index (χ1n) is 15.5. The average molecular weight is 636 g/mol. The molecular formula is C34H42FN5O6. The van der Waals surface area contributed by atoms with Gasteiger partial charge in [0.15, 0.2) is 0 Å². The molecule has 1 aromatic carbocycles. The lowest BCUT2D eigenvalue weighted by Gasteiger charge is -2.26. The molecule has 1 aliphatic rings. The van der Waals surface area contributed by atoms with Crippen LogP contribution in [0.15, 0.2) is 53.7 Å². The molecule has 0 bridgehead atoms. The smallest absolute Gasteiger partial charge is 0.305 e. The number of aryl methyl sites for hydroxylation is 2. The Kier molecular flexibility index (Phi) is 11.8. The van der Waals surface area contributed by atoms with Gasteiger partial charge in [0.25, 0.3) is 11.5 Å². The molecule has 0 unspecified atom stereocenters. The SMILES string of the molecule is Cc1cc(F)cc(C)c1-c1cncc([C@H](CC(=O)O)NC(=O)[C@H](CC(C)C)NC(=O)c2cccn(CCN3CCOCC3)c2=O)c1. The summed E-state index contributed by atoms with van der Waals surface area (Å²) >= 11 is 0. The van der Waals surface area contributed by atoms with Gasteiger partial charge in [-0.05, 0) is 78.8 Å². The van der Waals surface area contributed by atoms with E-state index in [1.807, 2.05) is 13.8 Å². The van der Waals surface area contributed by atoms with E-state index >= 15 is 0 Å². The van der Waals surface area contributed by atoms with E-state index in [0.717, 1.165) is 18.7 Å². The van der Waals surface area contributed by atoms with Gasteiger partial charge in [-0.3, -0.25) is 29.1 Å². The molecule has 0 saturated carbocycles. The van der Waals surface area contributed by atoms with Crippen LogP contribution in [0.2, 0.25) is 0 Å². The number of hydrogen-bond acceptors (Lipinski definition) is 7. The van der Waals surface area contributed by atoms with Gasteiger partial charge in [-0.25, -0.2) is 4.39 Å². The molecule has 0 spiro atoms. The van der Waals surface area contributed by atoms with Crippen LogP contribution < -0.4 is 16.2 Å². The summed E-state index contributed by atoms with van der Waals surface area (Å²) in [7, 11) is 0. The third-order valence-corrected chi connectivity index (χ3v) is 8.00. The number of aromatic nitrogens is 2. The van der Waals surface area contributed by atoms with Crippen molar-refractivity contribution in [2.24, 2.45) is 5.92 Å². The third-order valence-electron chi connectivity index (χ3n) is 8.00. The van der Waals surface area contributed by atoms with Crippen LogP contribution in [0.5, 0.6) is 0 Å². The number of amides is 2. The van der Waals surface area contributed by atoms with E-state index in [9.17, 15) is 28.7 Å². The van der Waals surface area contributed by atoms with Gasteiger partial charge in [0.2, 0.25) is 5.91 Å². The van der Waals surface area contributed by atoms with Crippen LogP contribution in [0.1, 0.15) is 59.8 Å². The number of pyridine rings is 2. The largest absolute Gasteiger partial charge is 0.481 e. The number of aliphatic carboxylic acids is 1. The second-order valence-corrected chi connectivity index (χ2v) is 12.1. The van der Waals surface area contributed by atoms with Gasteiger partial charge in [-0.15, -0.1) is 0 Å². The van der Waals surface area contributed by atoms with Crippen molar-refractivity contribution in [1.29, 1.82) is 0 Å². The molecule has 4 rings (SSSR count). The Morgan fingerprint density at radius 2 is 1.74 bits per heavy atom. The predicted octanol–water partition coefficient (Wildman–Crippen LogP) is 3.48. The summed E-state index contributed by atoms with van der Waals surface area (Å²) in [5, 5.41) is 15.2. The van der Waals surface area contributed by atoms with Crippen molar-refractivity contribution in [3.8, 4) is 11.1 Å². The van der Waals surface area contributed by atoms with Crippen LogP contribution in [0.4, 0.5) is 4.39 Å². The summed E-state index contributed by atoms with van der Waals surface area (Å²) in [6, 6.07) is 5.60. The van der Waals surface area contributed by atoms with Crippen LogP contribution in [0.25, 0.3) is 11.1 Å². The van der Waals surface area contributed by atoms with Crippen molar-refractivity contribution in [2.75, 3.05) is 32.8 Å². The number of carbonyl (C=O) groups excluding carboxylic acids is 2. The van der Waals surface area contributed by atoms with Crippen molar-refractivity contribution in [3.05, 3.63) is 87.3 Å². The van der Waals surface area contributed by atoms with Gasteiger partial charge in [-0.2, -0.15) is 0 Å². The van der Waals surface area contributed by atoms with E-state index in [1.165, 1.54) is 29.0 Å². The zero-order chi connectivity index (χ0) is 33.4. The van der Waals surface area contributed by atoms with Gasteiger partial charge in [0.1, 0.15) is 17.4 Å². The molecule has 3 heterocycles. The van der Waals surface area contributed by atoms with Crippen molar-refractivity contribution in [3.63, 3.8) is 0 Å². The number of halogens is 1.